The normalized spacial score (nSPS) is 13.6. The zero-order valence-electron chi connectivity index (χ0n) is 12.4. The van der Waals surface area contributed by atoms with Crippen LogP contribution < -0.4 is 5.32 Å². The van der Waals surface area contributed by atoms with Gasteiger partial charge in [-0.2, -0.15) is 0 Å². The van der Waals surface area contributed by atoms with E-state index in [1.165, 1.54) is 11.1 Å². The van der Waals surface area contributed by atoms with E-state index in [4.69, 9.17) is 4.74 Å². The fourth-order valence-corrected chi connectivity index (χ4v) is 2.28. The molecule has 0 radical (unpaired) electrons. The second-order valence-corrected chi connectivity index (χ2v) is 5.61. The Hall–Kier alpha value is -0.860. The zero-order chi connectivity index (χ0) is 13.6. The molecule has 0 aliphatic carbocycles. The van der Waals surface area contributed by atoms with Crippen LogP contribution in [-0.4, -0.2) is 26.3 Å². The molecule has 0 fully saturated rings. The Kier molecular flexibility index (Phi) is 5.83. The lowest BCUT2D eigenvalue weighted by atomic mass is 9.87. The number of aryl methyl sites for hydroxylation is 1. The molecule has 1 N–H and O–H groups in total. The van der Waals surface area contributed by atoms with Gasteiger partial charge in [-0.3, -0.25) is 0 Å². The highest BCUT2D eigenvalue weighted by Gasteiger charge is 2.20. The highest BCUT2D eigenvalue weighted by atomic mass is 16.5. The van der Waals surface area contributed by atoms with E-state index in [-0.39, 0.29) is 5.60 Å². The zero-order valence-corrected chi connectivity index (χ0v) is 12.4. The van der Waals surface area contributed by atoms with Crippen molar-refractivity contribution in [3.63, 3.8) is 0 Å². The number of hydrogen-bond donors (Lipinski definition) is 1. The van der Waals surface area contributed by atoms with Crippen LogP contribution in [0.3, 0.4) is 0 Å². The molecule has 0 aromatic heterocycles. The fourth-order valence-electron chi connectivity index (χ4n) is 2.28. The molecule has 102 valence electrons. The van der Waals surface area contributed by atoms with E-state index in [1.807, 2.05) is 7.05 Å². The molecular formula is C16H27NO. The molecule has 1 rings (SSSR count). The number of methoxy groups -OCH3 is 1. The third kappa shape index (κ3) is 4.43. The number of ether oxygens (including phenoxy) is 1. The molecule has 0 bridgehead atoms. The number of rotatable bonds is 7. The lowest BCUT2D eigenvalue weighted by Crippen LogP contribution is -2.25. The molecule has 0 saturated carbocycles. The monoisotopic (exact) mass is 249 g/mol. The van der Waals surface area contributed by atoms with Crippen molar-refractivity contribution in [1.29, 1.82) is 0 Å². The van der Waals surface area contributed by atoms with Gasteiger partial charge in [-0.25, -0.2) is 0 Å². The molecular weight excluding hydrogens is 222 g/mol. The van der Waals surface area contributed by atoms with Crippen molar-refractivity contribution in [2.24, 2.45) is 0 Å². The molecule has 1 aromatic rings. The Balaban J connectivity index is 2.75. The largest absolute Gasteiger partial charge is 0.379 e. The molecule has 1 unspecified atom stereocenters. The number of likely N-dealkylation sites (N-methyl/N-ethyl adjacent to an activating group) is 1. The second kappa shape index (κ2) is 6.91. The van der Waals surface area contributed by atoms with Crippen molar-refractivity contribution in [2.45, 2.75) is 45.1 Å². The Labute approximate surface area is 112 Å². The van der Waals surface area contributed by atoms with Gasteiger partial charge in [-0.15, -0.1) is 0 Å². The smallest absolute Gasteiger partial charge is 0.0623 e. The lowest BCUT2D eigenvalue weighted by Gasteiger charge is -2.26. The van der Waals surface area contributed by atoms with Crippen LogP contribution in [0, 0.1) is 6.92 Å². The van der Waals surface area contributed by atoms with Crippen molar-refractivity contribution in [1.82, 2.24) is 5.32 Å². The lowest BCUT2D eigenvalue weighted by molar-refractivity contribution is 0.0124. The average molecular weight is 249 g/mol. The van der Waals surface area contributed by atoms with Gasteiger partial charge >= 0.3 is 0 Å². The predicted octanol–water partition coefficient (Wildman–Crippen LogP) is 3.50. The van der Waals surface area contributed by atoms with E-state index in [9.17, 15) is 0 Å². The van der Waals surface area contributed by atoms with Crippen molar-refractivity contribution >= 4 is 0 Å². The molecule has 2 nitrogen and oxygen atoms in total. The quantitative estimate of drug-likeness (QED) is 0.798. The van der Waals surface area contributed by atoms with Crippen LogP contribution in [-0.2, 0) is 4.74 Å². The van der Waals surface area contributed by atoms with E-state index in [0.29, 0.717) is 5.92 Å². The maximum absolute atomic E-state index is 5.51. The van der Waals surface area contributed by atoms with Crippen molar-refractivity contribution in [2.75, 3.05) is 20.7 Å². The molecule has 2 heteroatoms. The topological polar surface area (TPSA) is 21.3 Å². The summed E-state index contributed by atoms with van der Waals surface area (Å²) < 4.78 is 5.51. The molecule has 1 atom stereocenters. The van der Waals surface area contributed by atoms with Crippen molar-refractivity contribution < 1.29 is 4.74 Å². The second-order valence-electron chi connectivity index (χ2n) is 5.61. The van der Waals surface area contributed by atoms with Crippen LogP contribution in [0.2, 0.25) is 0 Å². The third-order valence-corrected chi connectivity index (χ3v) is 3.73. The Morgan fingerprint density at radius 2 is 1.94 bits per heavy atom. The summed E-state index contributed by atoms with van der Waals surface area (Å²) in [5.74, 6) is 0.561. The molecule has 0 heterocycles. The van der Waals surface area contributed by atoms with Gasteiger partial charge in [0.1, 0.15) is 0 Å². The standard InChI is InChI=1S/C16H27NO/c1-13-8-6-7-9-15(13)14(12-17-4)10-11-16(2,3)18-5/h6-9,14,17H,10-12H2,1-5H3. The van der Waals surface area contributed by atoms with Gasteiger partial charge in [-0.05, 0) is 57.7 Å². The van der Waals surface area contributed by atoms with Gasteiger partial charge in [0, 0.05) is 13.7 Å². The molecule has 0 aliphatic rings. The third-order valence-electron chi connectivity index (χ3n) is 3.73. The fraction of sp³-hybridized carbons (Fsp3) is 0.625. The molecule has 0 aliphatic heterocycles. The van der Waals surface area contributed by atoms with Crippen LogP contribution >= 0.6 is 0 Å². The summed E-state index contributed by atoms with van der Waals surface area (Å²) in [4.78, 5) is 0. The van der Waals surface area contributed by atoms with E-state index in [0.717, 1.165) is 19.4 Å². The van der Waals surface area contributed by atoms with E-state index in [1.54, 1.807) is 7.11 Å². The van der Waals surface area contributed by atoms with E-state index in [2.05, 4.69) is 50.4 Å². The molecule has 0 spiro atoms. The first-order valence-electron chi connectivity index (χ1n) is 6.75. The molecule has 1 aromatic carbocycles. The summed E-state index contributed by atoms with van der Waals surface area (Å²) in [5, 5.41) is 3.31. The minimum atomic E-state index is -0.0331. The SMILES string of the molecule is CNCC(CCC(C)(C)OC)c1ccccc1C. The van der Waals surface area contributed by atoms with Crippen LogP contribution in [0.25, 0.3) is 0 Å². The minimum Gasteiger partial charge on any atom is -0.379 e. The number of hydrogen-bond acceptors (Lipinski definition) is 2. The van der Waals surface area contributed by atoms with Crippen molar-refractivity contribution in [3.8, 4) is 0 Å². The van der Waals surface area contributed by atoms with Crippen LogP contribution in [0.5, 0.6) is 0 Å². The van der Waals surface area contributed by atoms with Gasteiger partial charge in [-0.1, -0.05) is 24.3 Å². The average Bonchev–Trinajstić information content (AvgIpc) is 2.35. The summed E-state index contributed by atoms with van der Waals surface area (Å²) in [6.45, 7) is 7.52. The summed E-state index contributed by atoms with van der Waals surface area (Å²) >= 11 is 0. The van der Waals surface area contributed by atoms with Crippen molar-refractivity contribution in [3.05, 3.63) is 35.4 Å². The summed E-state index contributed by atoms with van der Waals surface area (Å²) in [5.41, 5.74) is 2.81. The summed E-state index contributed by atoms with van der Waals surface area (Å²) in [6, 6.07) is 8.68. The Morgan fingerprint density at radius 1 is 1.28 bits per heavy atom. The maximum Gasteiger partial charge on any atom is 0.0623 e. The summed E-state index contributed by atoms with van der Waals surface area (Å²) in [6.07, 6.45) is 2.22. The maximum atomic E-state index is 5.51. The molecule has 0 saturated heterocycles. The predicted molar refractivity (Wildman–Crippen MR) is 78.2 cm³/mol. The Morgan fingerprint density at radius 3 is 2.50 bits per heavy atom. The van der Waals surface area contributed by atoms with Gasteiger partial charge in [0.2, 0.25) is 0 Å². The van der Waals surface area contributed by atoms with E-state index >= 15 is 0 Å². The van der Waals surface area contributed by atoms with Gasteiger partial charge in [0.25, 0.3) is 0 Å². The highest BCUT2D eigenvalue weighted by molar-refractivity contribution is 5.29. The van der Waals surface area contributed by atoms with Crippen LogP contribution in [0.1, 0.15) is 43.7 Å². The van der Waals surface area contributed by atoms with E-state index < -0.39 is 0 Å². The first-order valence-corrected chi connectivity index (χ1v) is 6.75. The first kappa shape index (κ1) is 15.2. The number of nitrogens with one attached hydrogen (secondary N) is 1. The molecule has 18 heavy (non-hydrogen) atoms. The van der Waals surface area contributed by atoms with Gasteiger partial charge in [0.05, 0.1) is 5.60 Å². The van der Waals surface area contributed by atoms with Gasteiger partial charge in [0.15, 0.2) is 0 Å². The van der Waals surface area contributed by atoms with Gasteiger partial charge < -0.3 is 10.1 Å². The van der Waals surface area contributed by atoms with Crippen LogP contribution in [0.4, 0.5) is 0 Å². The molecule has 0 amide bonds. The Bertz CT molecular complexity index is 360. The first-order chi connectivity index (χ1) is 8.50. The van der Waals surface area contributed by atoms with Crippen LogP contribution in [0.15, 0.2) is 24.3 Å². The highest BCUT2D eigenvalue weighted by Crippen LogP contribution is 2.27. The number of benzene rings is 1. The minimum absolute atomic E-state index is 0.0331. The summed E-state index contributed by atoms with van der Waals surface area (Å²) in [7, 11) is 3.81.